The van der Waals surface area contributed by atoms with Crippen LogP contribution >= 0.6 is 0 Å². The molecule has 2 aromatic carbocycles. The van der Waals surface area contributed by atoms with E-state index in [0.717, 1.165) is 11.1 Å². The highest BCUT2D eigenvalue weighted by Gasteiger charge is 2.36. The number of benzene rings is 2. The minimum absolute atomic E-state index is 0.0637. The van der Waals surface area contributed by atoms with E-state index >= 15 is 0 Å². The van der Waals surface area contributed by atoms with Crippen LogP contribution in [0.5, 0.6) is 0 Å². The third kappa shape index (κ3) is 8.37. The molecule has 0 aliphatic heterocycles. The molecule has 2 aromatic rings. The molecule has 0 aromatic heterocycles. The number of carbonyl (C=O) groups is 2. The monoisotopic (exact) mass is 568 g/mol. The molecule has 0 saturated heterocycles. The van der Waals surface area contributed by atoms with Gasteiger partial charge in [-0.1, -0.05) is 88.4 Å². The summed E-state index contributed by atoms with van der Waals surface area (Å²) in [6, 6.07) is 19.8. The van der Waals surface area contributed by atoms with Gasteiger partial charge in [-0.15, -0.1) is 0 Å². The highest BCUT2D eigenvalue weighted by molar-refractivity contribution is 6.24. The Balaban J connectivity index is 1.54. The smallest absolute Gasteiger partial charge is 0.168 e. The van der Waals surface area contributed by atoms with E-state index in [-0.39, 0.29) is 33.9 Å². The van der Waals surface area contributed by atoms with E-state index in [1.165, 1.54) is 0 Å². The number of aliphatic hydroxyl groups is 2. The first kappa shape index (κ1) is 31.1. The molecular weight excluding hydrogens is 524 g/mol. The average molecular weight is 569 g/mol. The van der Waals surface area contributed by atoms with Crippen LogP contribution in [0.1, 0.15) is 90.2 Å². The second-order valence-corrected chi connectivity index (χ2v) is 13.2. The number of aliphatic imine (C=N–C) groups is 2. The van der Waals surface area contributed by atoms with Gasteiger partial charge < -0.3 is 10.2 Å². The summed E-state index contributed by atoms with van der Waals surface area (Å²) in [5.41, 5.74) is 3.52. The molecule has 0 spiro atoms. The molecule has 6 heteroatoms. The maximum atomic E-state index is 13.2. The molecule has 0 saturated carbocycles. The van der Waals surface area contributed by atoms with E-state index in [0.29, 0.717) is 87.0 Å². The third-order valence-electron chi connectivity index (χ3n) is 7.95. The molecule has 0 fully saturated rings. The Kier molecular flexibility index (Phi) is 9.97. The van der Waals surface area contributed by atoms with E-state index in [1.54, 1.807) is 0 Å². The number of hydrogen-bond acceptors (Lipinski definition) is 6. The lowest BCUT2D eigenvalue weighted by molar-refractivity contribution is -0.118. The summed E-state index contributed by atoms with van der Waals surface area (Å²) in [5.74, 6) is 0.120. The van der Waals surface area contributed by atoms with Gasteiger partial charge in [0.15, 0.2) is 11.6 Å². The van der Waals surface area contributed by atoms with Crippen LogP contribution in [0, 0.1) is 10.8 Å². The van der Waals surface area contributed by atoms with Crippen LogP contribution in [0.25, 0.3) is 0 Å². The number of unbranched alkanes of at least 4 members (excludes halogenated alkanes) is 1. The minimum Gasteiger partial charge on any atom is -0.511 e. The molecule has 222 valence electrons. The van der Waals surface area contributed by atoms with Crippen molar-refractivity contribution < 1.29 is 19.8 Å². The van der Waals surface area contributed by atoms with Crippen molar-refractivity contribution in [2.45, 2.75) is 92.2 Å². The van der Waals surface area contributed by atoms with E-state index in [4.69, 9.17) is 9.98 Å². The Hall–Kier alpha value is -3.80. The molecule has 2 N–H and O–H groups in total. The van der Waals surface area contributed by atoms with Crippen molar-refractivity contribution in [3.63, 3.8) is 0 Å². The van der Waals surface area contributed by atoms with Crippen LogP contribution in [0.3, 0.4) is 0 Å². The molecule has 0 radical (unpaired) electrons. The van der Waals surface area contributed by atoms with Gasteiger partial charge in [0.05, 0.1) is 24.2 Å². The van der Waals surface area contributed by atoms with E-state index in [2.05, 4.69) is 0 Å². The van der Waals surface area contributed by atoms with Gasteiger partial charge in [-0.25, -0.2) is 0 Å². The van der Waals surface area contributed by atoms with E-state index in [9.17, 15) is 19.8 Å². The maximum absolute atomic E-state index is 13.2. The molecule has 0 atom stereocenters. The predicted octanol–water partition coefficient (Wildman–Crippen LogP) is 8.23. The number of carbonyl (C=O) groups excluding carboxylic acids is 2. The van der Waals surface area contributed by atoms with Gasteiger partial charge in [-0.3, -0.25) is 19.6 Å². The molecule has 0 unspecified atom stereocenters. The molecule has 0 amide bonds. The quantitative estimate of drug-likeness (QED) is 0.211. The summed E-state index contributed by atoms with van der Waals surface area (Å²) in [6.07, 6.45) is 4.07. The number of nitrogens with zero attached hydrogens (tertiary/aromatic N) is 2. The second-order valence-electron chi connectivity index (χ2n) is 13.2. The molecule has 6 nitrogen and oxygen atoms in total. The van der Waals surface area contributed by atoms with Crippen LogP contribution in [0.4, 0.5) is 0 Å². The van der Waals surface area contributed by atoms with Crippen molar-refractivity contribution in [2.75, 3.05) is 0 Å². The van der Waals surface area contributed by atoms with Crippen molar-refractivity contribution in [2.24, 2.45) is 20.8 Å². The molecule has 0 bridgehead atoms. The second kappa shape index (κ2) is 13.5. The first-order valence-electron chi connectivity index (χ1n) is 15.0. The van der Waals surface area contributed by atoms with Crippen molar-refractivity contribution in [1.29, 1.82) is 0 Å². The number of hydrogen-bond donors (Lipinski definition) is 2. The fourth-order valence-electron chi connectivity index (χ4n) is 5.92. The highest BCUT2D eigenvalue weighted by atomic mass is 16.3. The fraction of sp³-hybridized carbons (Fsp3) is 0.444. The van der Waals surface area contributed by atoms with Crippen LogP contribution < -0.4 is 0 Å². The predicted molar refractivity (Wildman–Crippen MR) is 169 cm³/mol. The molecule has 2 aliphatic carbocycles. The van der Waals surface area contributed by atoms with Gasteiger partial charge in [-0.2, -0.15) is 0 Å². The summed E-state index contributed by atoms with van der Waals surface area (Å²) >= 11 is 0. The van der Waals surface area contributed by atoms with Crippen LogP contribution in [0.2, 0.25) is 0 Å². The third-order valence-corrected chi connectivity index (χ3v) is 7.95. The summed E-state index contributed by atoms with van der Waals surface area (Å²) in [5, 5.41) is 21.8. The molecule has 42 heavy (non-hydrogen) atoms. The first-order chi connectivity index (χ1) is 19.9. The van der Waals surface area contributed by atoms with Gasteiger partial charge in [0.25, 0.3) is 0 Å². The van der Waals surface area contributed by atoms with Gasteiger partial charge >= 0.3 is 0 Å². The van der Waals surface area contributed by atoms with E-state index in [1.807, 2.05) is 88.4 Å². The lowest BCUT2D eigenvalue weighted by Gasteiger charge is -2.30. The van der Waals surface area contributed by atoms with E-state index < -0.39 is 0 Å². The zero-order valence-corrected chi connectivity index (χ0v) is 25.4. The Bertz CT molecular complexity index is 1300. The Morgan fingerprint density at radius 2 is 0.976 bits per heavy atom. The van der Waals surface area contributed by atoms with Crippen molar-refractivity contribution >= 4 is 23.0 Å². The van der Waals surface area contributed by atoms with Gasteiger partial charge in [-0.05, 0) is 47.6 Å². The minimum atomic E-state index is -0.282. The van der Waals surface area contributed by atoms with Gasteiger partial charge in [0.2, 0.25) is 0 Å². The van der Waals surface area contributed by atoms with Crippen molar-refractivity contribution in [3.8, 4) is 0 Å². The zero-order chi connectivity index (χ0) is 30.3. The van der Waals surface area contributed by atoms with Crippen molar-refractivity contribution in [3.05, 3.63) is 94.5 Å². The lowest BCUT2D eigenvalue weighted by atomic mass is 9.75. The Morgan fingerprint density at radius 1 is 0.619 bits per heavy atom. The van der Waals surface area contributed by atoms with Crippen LogP contribution in [-0.2, 0) is 22.7 Å². The number of ketones is 2. The molecule has 4 rings (SSSR count). The standard InChI is InChI=1S/C36H44N2O4/c1-35(2)19-29(39)33(30(40)20-35)27(37-23-25-13-7-5-8-14-25)17-11-12-18-28(38-24-26-15-9-6-10-16-26)34-31(41)21-36(3,4)22-32(34)42/h5-10,13-16,39,41H,11-12,17-24H2,1-4H3. The summed E-state index contributed by atoms with van der Waals surface area (Å²) in [7, 11) is 0. The highest BCUT2D eigenvalue weighted by Crippen LogP contribution is 2.38. The fourth-order valence-corrected chi connectivity index (χ4v) is 5.92. The largest absolute Gasteiger partial charge is 0.511 e. The first-order valence-corrected chi connectivity index (χ1v) is 15.0. The topological polar surface area (TPSA) is 99.3 Å². The molecular formula is C36H44N2O4. The van der Waals surface area contributed by atoms with Crippen LogP contribution in [0.15, 0.2) is 93.3 Å². The number of allylic oxidation sites excluding steroid dienone is 4. The zero-order valence-electron chi connectivity index (χ0n) is 25.4. The van der Waals surface area contributed by atoms with Crippen molar-refractivity contribution in [1.82, 2.24) is 0 Å². The summed E-state index contributed by atoms with van der Waals surface area (Å²) in [4.78, 5) is 36.0. The Labute approximate surface area is 250 Å². The maximum Gasteiger partial charge on any atom is 0.168 e. The van der Waals surface area contributed by atoms with Gasteiger partial charge in [0, 0.05) is 37.1 Å². The van der Waals surface area contributed by atoms with Gasteiger partial charge in [0.1, 0.15) is 11.5 Å². The lowest BCUT2D eigenvalue weighted by Crippen LogP contribution is -2.29. The number of Topliss-reactive ketones (excluding diaryl/α,β-unsaturated/α-hetero) is 2. The van der Waals surface area contributed by atoms with Crippen LogP contribution in [-0.4, -0.2) is 33.2 Å². The SMILES string of the molecule is CC1(C)CC(=O)C(C(CCCCC(=NCc2ccccc2)C2=C(O)CC(C)(C)CC2=O)=NCc2ccccc2)=C(O)C1. The summed E-state index contributed by atoms with van der Waals surface area (Å²) in [6.45, 7) is 8.83. The Morgan fingerprint density at radius 3 is 1.31 bits per heavy atom. The summed E-state index contributed by atoms with van der Waals surface area (Å²) < 4.78 is 0. The average Bonchev–Trinajstić information content (AvgIpc) is 2.90. The number of aliphatic hydroxyl groups excluding tert-OH is 2. The number of rotatable bonds is 11. The normalized spacial score (nSPS) is 19.4. The molecule has 2 aliphatic rings. The molecule has 0 heterocycles.